The van der Waals surface area contributed by atoms with Crippen LogP contribution in [0.15, 0.2) is 36.5 Å². The number of allylic oxidation sites excluding steroid dienone is 5. The number of aliphatic hydroxyl groups is 1. The van der Waals surface area contributed by atoms with E-state index in [2.05, 4.69) is 43.5 Å². The number of phosphoric acid groups is 1. The number of amides is 1. The van der Waals surface area contributed by atoms with Gasteiger partial charge in [0.05, 0.1) is 39.9 Å². The second-order valence-corrected chi connectivity index (χ2v) is 18.5. The zero-order chi connectivity index (χ0) is 41.4. The van der Waals surface area contributed by atoms with Crippen molar-refractivity contribution >= 4 is 13.7 Å². The summed E-state index contributed by atoms with van der Waals surface area (Å²) in [5.74, 6) is -0.211. The van der Waals surface area contributed by atoms with Crippen molar-refractivity contribution in [3.63, 3.8) is 0 Å². The van der Waals surface area contributed by atoms with Crippen LogP contribution in [-0.4, -0.2) is 68.5 Å². The van der Waals surface area contributed by atoms with Crippen molar-refractivity contribution in [1.29, 1.82) is 0 Å². The van der Waals surface area contributed by atoms with E-state index in [-0.39, 0.29) is 12.5 Å². The Balaban J connectivity index is 4.46. The van der Waals surface area contributed by atoms with Crippen molar-refractivity contribution in [2.45, 2.75) is 219 Å². The first kappa shape index (κ1) is 54.7. The average Bonchev–Trinajstić information content (AvgIpc) is 3.15. The molecule has 0 rings (SSSR count). The van der Waals surface area contributed by atoms with Gasteiger partial charge in [0.2, 0.25) is 5.91 Å². The summed E-state index contributed by atoms with van der Waals surface area (Å²) in [6.45, 7) is 4.62. The quantitative estimate of drug-likeness (QED) is 0.0275. The van der Waals surface area contributed by atoms with E-state index in [1.54, 1.807) is 6.08 Å². The van der Waals surface area contributed by atoms with Crippen LogP contribution < -0.4 is 10.2 Å². The van der Waals surface area contributed by atoms with Crippen LogP contribution >= 0.6 is 7.82 Å². The third-order valence-corrected chi connectivity index (χ3v) is 11.3. The van der Waals surface area contributed by atoms with Crippen molar-refractivity contribution in [3.05, 3.63) is 36.5 Å². The summed E-state index contributed by atoms with van der Waals surface area (Å²) in [6, 6.07) is -0.905. The number of rotatable bonds is 42. The van der Waals surface area contributed by atoms with Crippen molar-refractivity contribution in [2.75, 3.05) is 40.9 Å². The molecular weight excluding hydrogens is 719 g/mol. The lowest BCUT2D eigenvalue weighted by Gasteiger charge is -2.29. The smallest absolute Gasteiger partial charge is 0.268 e. The lowest BCUT2D eigenvalue weighted by Crippen LogP contribution is -2.45. The van der Waals surface area contributed by atoms with Crippen molar-refractivity contribution in [3.8, 4) is 0 Å². The number of aliphatic hydroxyl groups excluding tert-OH is 1. The predicted octanol–water partition coefficient (Wildman–Crippen LogP) is 12.5. The minimum Gasteiger partial charge on any atom is -0.756 e. The molecule has 0 bridgehead atoms. The summed E-state index contributed by atoms with van der Waals surface area (Å²) >= 11 is 0. The van der Waals surface area contributed by atoms with Crippen molar-refractivity contribution in [1.82, 2.24) is 5.32 Å². The molecule has 0 saturated carbocycles. The van der Waals surface area contributed by atoms with Crippen LogP contribution in [-0.2, 0) is 18.4 Å². The zero-order valence-corrected chi connectivity index (χ0v) is 38.2. The summed E-state index contributed by atoms with van der Waals surface area (Å²) < 4.78 is 23.2. The Labute approximate surface area is 347 Å². The maximum absolute atomic E-state index is 12.9. The van der Waals surface area contributed by atoms with E-state index in [1.165, 1.54) is 141 Å². The number of quaternary nitrogens is 1. The number of phosphoric ester groups is 1. The molecule has 3 unspecified atom stereocenters. The van der Waals surface area contributed by atoms with Crippen molar-refractivity contribution in [2.24, 2.45) is 0 Å². The number of likely N-dealkylation sites (N-methyl/N-ethyl adjacent to an activating group) is 1. The van der Waals surface area contributed by atoms with Crippen LogP contribution in [0.3, 0.4) is 0 Å². The number of hydrogen-bond acceptors (Lipinski definition) is 6. The highest BCUT2D eigenvalue weighted by Crippen LogP contribution is 2.38. The monoisotopic (exact) mass is 811 g/mol. The molecule has 0 aromatic heterocycles. The number of nitrogens with one attached hydrogen (secondary N) is 1. The molecule has 0 aliphatic rings. The largest absolute Gasteiger partial charge is 0.756 e. The standard InChI is InChI=1S/C47H91N2O6P/c1-6-8-10-12-14-16-18-20-22-23-24-25-27-28-30-32-34-36-38-40-46(50)45(44-55-56(52,53)54-43-42-49(3,4)5)48-47(51)41-39-37-35-33-31-29-26-21-19-17-15-13-11-9-7-2/h24-25,30,32,38,40,45-46,50H,6-23,26-29,31,33-37,39,41-44H2,1-5H3,(H-,48,51,52,53)/b25-24+,32-30+,40-38+. The van der Waals surface area contributed by atoms with Gasteiger partial charge in [0, 0.05) is 6.42 Å². The molecule has 0 aliphatic carbocycles. The van der Waals surface area contributed by atoms with Crippen molar-refractivity contribution < 1.29 is 32.9 Å². The molecule has 8 nitrogen and oxygen atoms in total. The molecular formula is C47H91N2O6P. The topological polar surface area (TPSA) is 108 Å². The van der Waals surface area contributed by atoms with E-state index in [4.69, 9.17) is 9.05 Å². The molecule has 1 amide bonds. The molecule has 0 aliphatic heterocycles. The van der Waals surface area contributed by atoms with Gasteiger partial charge >= 0.3 is 0 Å². The lowest BCUT2D eigenvalue weighted by molar-refractivity contribution is -0.870. The Hall–Kier alpha value is -1.28. The molecule has 0 spiro atoms. The third kappa shape index (κ3) is 40.9. The summed E-state index contributed by atoms with van der Waals surface area (Å²) in [5.41, 5.74) is 0. The first-order valence-electron chi connectivity index (χ1n) is 23.4. The fraction of sp³-hybridized carbons (Fsp3) is 0.851. The summed E-state index contributed by atoms with van der Waals surface area (Å²) in [7, 11) is 1.24. The Kier molecular flexibility index (Phi) is 38.3. The molecule has 0 radical (unpaired) electrons. The molecule has 0 aromatic carbocycles. The van der Waals surface area contributed by atoms with Gasteiger partial charge in [-0.3, -0.25) is 9.36 Å². The SMILES string of the molecule is CCCCCCCCCCC/C=C/CC/C=C/CC/C=C/C(O)C(COP(=O)([O-])OCC[N+](C)(C)C)NC(=O)CCCCCCCCCCCCCCCCC. The van der Waals surface area contributed by atoms with E-state index in [0.717, 1.165) is 44.9 Å². The number of hydrogen-bond donors (Lipinski definition) is 2. The van der Waals surface area contributed by atoms with Gasteiger partial charge in [0.25, 0.3) is 7.82 Å². The molecule has 0 fully saturated rings. The van der Waals surface area contributed by atoms with Crippen LogP contribution in [0, 0.1) is 0 Å². The van der Waals surface area contributed by atoms with Crippen LogP contribution in [0.5, 0.6) is 0 Å². The number of unbranched alkanes of at least 4 members (excludes halogenated alkanes) is 25. The fourth-order valence-corrected chi connectivity index (χ4v) is 7.32. The maximum atomic E-state index is 12.9. The fourth-order valence-electron chi connectivity index (χ4n) is 6.60. The van der Waals surface area contributed by atoms with Gasteiger partial charge in [-0.15, -0.1) is 0 Å². The van der Waals surface area contributed by atoms with Gasteiger partial charge in [0.1, 0.15) is 13.2 Å². The third-order valence-electron chi connectivity index (χ3n) is 10.3. The molecule has 3 atom stereocenters. The number of carbonyl (C=O) groups excluding carboxylic acids is 1. The molecule has 2 N–H and O–H groups in total. The molecule has 9 heteroatoms. The predicted molar refractivity (Wildman–Crippen MR) is 238 cm³/mol. The lowest BCUT2D eigenvalue weighted by atomic mass is 10.0. The number of nitrogens with zero attached hydrogens (tertiary/aromatic N) is 1. The van der Waals surface area contributed by atoms with Gasteiger partial charge < -0.3 is 28.8 Å². The van der Waals surface area contributed by atoms with E-state index < -0.39 is 26.6 Å². The van der Waals surface area contributed by atoms with Gasteiger partial charge in [0.15, 0.2) is 0 Å². The average molecular weight is 811 g/mol. The highest BCUT2D eigenvalue weighted by molar-refractivity contribution is 7.45. The molecule has 0 saturated heterocycles. The Morgan fingerprint density at radius 1 is 0.607 bits per heavy atom. The molecule has 56 heavy (non-hydrogen) atoms. The Morgan fingerprint density at radius 2 is 1.00 bits per heavy atom. The van der Waals surface area contributed by atoms with E-state index in [9.17, 15) is 19.4 Å². The van der Waals surface area contributed by atoms with E-state index in [0.29, 0.717) is 17.4 Å². The first-order chi connectivity index (χ1) is 27.0. The van der Waals surface area contributed by atoms with Crippen LogP contribution in [0.4, 0.5) is 0 Å². The van der Waals surface area contributed by atoms with Crippen LogP contribution in [0.25, 0.3) is 0 Å². The molecule has 0 aromatic rings. The normalized spacial score (nSPS) is 14.6. The first-order valence-corrected chi connectivity index (χ1v) is 24.8. The highest BCUT2D eigenvalue weighted by Gasteiger charge is 2.23. The van der Waals surface area contributed by atoms with Gasteiger partial charge in [-0.2, -0.15) is 0 Å². The maximum Gasteiger partial charge on any atom is 0.268 e. The Morgan fingerprint density at radius 3 is 1.45 bits per heavy atom. The zero-order valence-electron chi connectivity index (χ0n) is 37.3. The van der Waals surface area contributed by atoms with Crippen LogP contribution in [0.1, 0.15) is 206 Å². The minimum absolute atomic E-state index is 0.00782. The van der Waals surface area contributed by atoms with E-state index in [1.807, 2.05) is 27.2 Å². The number of carbonyl (C=O) groups is 1. The summed E-state index contributed by atoms with van der Waals surface area (Å²) in [4.78, 5) is 25.3. The summed E-state index contributed by atoms with van der Waals surface area (Å²) in [5, 5.41) is 13.8. The highest BCUT2D eigenvalue weighted by atomic mass is 31.2. The van der Waals surface area contributed by atoms with Gasteiger partial charge in [-0.1, -0.05) is 192 Å². The van der Waals surface area contributed by atoms with Gasteiger partial charge in [-0.05, 0) is 44.9 Å². The second-order valence-electron chi connectivity index (χ2n) is 17.1. The minimum atomic E-state index is -4.60. The second kappa shape index (κ2) is 39.2. The van der Waals surface area contributed by atoms with Crippen LogP contribution in [0.2, 0.25) is 0 Å². The summed E-state index contributed by atoms with van der Waals surface area (Å²) in [6.07, 6.45) is 47.6. The molecule has 0 heterocycles. The van der Waals surface area contributed by atoms with Gasteiger partial charge in [-0.25, -0.2) is 0 Å². The molecule has 330 valence electrons. The Bertz CT molecular complexity index is 1010. The van der Waals surface area contributed by atoms with E-state index >= 15 is 0 Å².